The van der Waals surface area contributed by atoms with Crippen LogP contribution in [-0.2, 0) is 6.42 Å². The van der Waals surface area contributed by atoms with Gasteiger partial charge in [-0.05, 0) is 45.9 Å². The number of carbonyl (C=O) groups is 1. The second-order valence-corrected chi connectivity index (χ2v) is 6.41. The first-order valence-electron chi connectivity index (χ1n) is 5.10. The molecule has 0 aliphatic heterocycles. The number of halogens is 2. The van der Waals surface area contributed by atoms with E-state index < -0.39 is 0 Å². The highest BCUT2D eigenvalue weighted by Gasteiger charge is 2.13. The Morgan fingerprint density at radius 1 is 1.24 bits per heavy atom. The fraction of sp³-hybridized carbons (Fsp3) is 0.154. The lowest BCUT2D eigenvalue weighted by atomic mass is 10.0. The largest absolute Gasteiger partial charge is 0.294 e. The van der Waals surface area contributed by atoms with Crippen LogP contribution in [0.2, 0.25) is 0 Å². The number of thiophene rings is 1. The van der Waals surface area contributed by atoms with Crippen LogP contribution >= 0.6 is 43.2 Å². The van der Waals surface area contributed by atoms with Crippen LogP contribution in [0.15, 0.2) is 38.6 Å². The van der Waals surface area contributed by atoms with E-state index in [1.54, 1.807) is 11.3 Å². The van der Waals surface area contributed by atoms with Gasteiger partial charge in [0.15, 0.2) is 5.78 Å². The van der Waals surface area contributed by atoms with Crippen LogP contribution < -0.4 is 0 Å². The topological polar surface area (TPSA) is 17.1 Å². The number of benzene rings is 1. The van der Waals surface area contributed by atoms with E-state index in [-0.39, 0.29) is 5.78 Å². The molecule has 0 bridgehead atoms. The highest BCUT2D eigenvalue weighted by Crippen LogP contribution is 2.26. The Kier molecular flexibility index (Phi) is 4.17. The molecule has 0 spiro atoms. The summed E-state index contributed by atoms with van der Waals surface area (Å²) in [5.41, 5.74) is 1.80. The molecule has 0 atom stereocenters. The van der Waals surface area contributed by atoms with E-state index in [4.69, 9.17) is 0 Å². The molecule has 0 amide bonds. The summed E-state index contributed by atoms with van der Waals surface area (Å²) < 4.78 is 2.00. The quantitative estimate of drug-likeness (QED) is 0.691. The first-order valence-corrected chi connectivity index (χ1v) is 7.56. The molecule has 0 unspecified atom stereocenters. The molecule has 0 saturated carbocycles. The third-order valence-corrected chi connectivity index (χ3v) is 5.37. The van der Waals surface area contributed by atoms with Gasteiger partial charge in [0, 0.05) is 25.8 Å². The van der Waals surface area contributed by atoms with Gasteiger partial charge in [-0.3, -0.25) is 4.79 Å². The number of carbonyl (C=O) groups excluding carboxylic acids is 1. The SMILES string of the molecule is Cc1c(Br)cccc1C(=O)Cc1sccc1Br. The van der Waals surface area contributed by atoms with Crippen LogP contribution in [0.1, 0.15) is 20.8 Å². The van der Waals surface area contributed by atoms with Crippen LogP contribution in [0, 0.1) is 6.92 Å². The smallest absolute Gasteiger partial charge is 0.168 e. The Labute approximate surface area is 121 Å². The van der Waals surface area contributed by atoms with Crippen molar-refractivity contribution >= 4 is 49.0 Å². The molecule has 0 fully saturated rings. The zero-order valence-corrected chi connectivity index (χ0v) is 13.2. The number of hydrogen-bond acceptors (Lipinski definition) is 2. The van der Waals surface area contributed by atoms with Crippen LogP contribution in [0.3, 0.4) is 0 Å². The third kappa shape index (κ3) is 2.87. The van der Waals surface area contributed by atoms with Crippen molar-refractivity contribution in [2.45, 2.75) is 13.3 Å². The van der Waals surface area contributed by atoms with Crippen LogP contribution in [0.25, 0.3) is 0 Å². The molecular formula is C13H10Br2OS. The van der Waals surface area contributed by atoms with Gasteiger partial charge >= 0.3 is 0 Å². The van der Waals surface area contributed by atoms with Crippen molar-refractivity contribution in [1.82, 2.24) is 0 Å². The Morgan fingerprint density at radius 2 is 2.00 bits per heavy atom. The van der Waals surface area contributed by atoms with E-state index in [1.165, 1.54) is 0 Å². The van der Waals surface area contributed by atoms with Crippen molar-refractivity contribution in [2.75, 3.05) is 0 Å². The van der Waals surface area contributed by atoms with Crippen molar-refractivity contribution in [3.8, 4) is 0 Å². The average Bonchev–Trinajstić information content (AvgIpc) is 2.68. The molecule has 1 heterocycles. The Hall–Kier alpha value is -0.450. The van der Waals surface area contributed by atoms with Gasteiger partial charge in [0.2, 0.25) is 0 Å². The molecule has 0 radical (unpaired) electrons. The van der Waals surface area contributed by atoms with Crippen LogP contribution in [0.4, 0.5) is 0 Å². The molecule has 17 heavy (non-hydrogen) atoms. The summed E-state index contributed by atoms with van der Waals surface area (Å²) in [6.07, 6.45) is 0.454. The number of rotatable bonds is 3. The molecule has 4 heteroatoms. The summed E-state index contributed by atoms with van der Waals surface area (Å²) in [5.74, 6) is 0.159. The number of ketones is 1. The lowest BCUT2D eigenvalue weighted by molar-refractivity contribution is 0.0993. The van der Waals surface area contributed by atoms with E-state index >= 15 is 0 Å². The molecule has 88 valence electrons. The minimum atomic E-state index is 0.159. The lowest BCUT2D eigenvalue weighted by Crippen LogP contribution is -2.05. The van der Waals surface area contributed by atoms with E-state index in [1.807, 2.05) is 36.6 Å². The fourth-order valence-corrected chi connectivity index (χ4v) is 3.46. The molecule has 1 nitrogen and oxygen atoms in total. The average molecular weight is 374 g/mol. The van der Waals surface area contributed by atoms with Crippen molar-refractivity contribution in [3.05, 3.63) is 54.6 Å². The summed E-state index contributed by atoms with van der Waals surface area (Å²) in [4.78, 5) is 13.3. The van der Waals surface area contributed by atoms with Crippen LogP contribution in [-0.4, -0.2) is 5.78 Å². The van der Waals surface area contributed by atoms with E-state index in [9.17, 15) is 4.79 Å². The molecule has 0 aliphatic rings. The molecule has 0 N–H and O–H groups in total. The molecule has 2 aromatic rings. The van der Waals surface area contributed by atoms with Crippen molar-refractivity contribution < 1.29 is 4.79 Å². The van der Waals surface area contributed by atoms with Crippen LogP contribution in [0.5, 0.6) is 0 Å². The fourth-order valence-electron chi connectivity index (χ4n) is 1.60. The van der Waals surface area contributed by atoms with Gasteiger partial charge in [0.05, 0.1) is 0 Å². The first-order chi connectivity index (χ1) is 8.09. The third-order valence-electron chi connectivity index (χ3n) is 2.58. The Balaban J connectivity index is 2.27. The Bertz CT molecular complexity index is 560. The summed E-state index contributed by atoms with van der Waals surface area (Å²) in [7, 11) is 0. The second-order valence-electron chi connectivity index (χ2n) is 3.70. The molecular weight excluding hydrogens is 364 g/mol. The van der Waals surface area contributed by atoms with E-state index in [0.717, 1.165) is 24.9 Å². The van der Waals surface area contributed by atoms with E-state index in [0.29, 0.717) is 6.42 Å². The molecule has 0 saturated heterocycles. The Morgan fingerprint density at radius 3 is 2.65 bits per heavy atom. The van der Waals surface area contributed by atoms with E-state index in [2.05, 4.69) is 31.9 Å². The van der Waals surface area contributed by atoms with Gasteiger partial charge in [-0.25, -0.2) is 0 Å². The highest BCUT2D eigenvalue weighted by atomic mass is 79.9. The molecule has 0 aliphatic carbocycles. The standard InChI is InChI=1S/C13H10Br2OS/c1-8-9(3-2-4-10(8)14)12(16)7-13-11(15)5-6-17-13/h2-6H,7H2,1H3. The highest BCUT2D eigenvalue weighted by molar-refractivity contribution is 9.10. The van der Waals surface area contributed by atoms with Crippen molar-refractivity contribution in [3.63, 3.8) is 0 Å². The van der Waals surface area contributed by atoms with Crippen molar-refractivity contribution in [2.24, 2.45) is 0 Å². The van der Waals surface area contributed by atoms with Gasteiger partial charge in [-0.15, -0.1) is 11.3 Å². The van der Waals surface area contributed by atoms with Gasteiger partial charge < -0.3 is 0 Å². The molecule has 2 rings (SSSR count). The molecule has 1 aromatic heterocycles. The minimum Gasteiger partial charge on any atom is -0.294 e. The summed E-state index contributed by atoms with van der Waals surface area (Å²) in [6, 6.07) is 7.70. The zero-order valence-electron chi connectivity index (χ0n) is 9.17. The summed E-state index contributed by atoms with van der Waals surface area (Å²) in [6.45, 7) is 1.96. The maximum Gasteiger partial charge on any atom is 0.168 e. The zero-order chi connectivity index (χ0) is 12.4. The second kappa shape index (κ2) is 5.46. The van der Waals surface area contributed by atoms with Gasteiger partial charge in [0.1, 0.15) is 0 Å². The predicted molar refractivity (Wildman–Crippen MR) is 78.9 cm³/mol. The summed E-state index contributed by atoms with van der Waals surface area (Å²) in [5, 5.41) is 1.99. The monoisotopic (exact) mass is 372 g/mol. The number of hydrogen-bond donors (Lipinski definition) is 0. The maximum absolute atomic E-state index is 12.2. The lowest BCUT2D eigenvalue weighted by Gasteiger charge is -2.06. The van der Waals surface area contributed by atoms with Gasteiger partial charge in [-0.2, -0.15) is 0 Å². The van der Waals surface area contributed by atoms with Gasteiger partial charge in [-0.1, -0.05) is 28.1 Å². The number of Topliss-reactive ketones (excluding diaryl/α,β-unsaturated/α-hetero) is 1. The minimum absolute atomic E-state index is 0.159. The van der Waals surface area contributed by atoms with Crippen molar-refractivity contribution in [1.29, 1.82) is 0 Å². The van der Waals surface area contributed by atoms with Gasteiger partial charge in [0.25, 0.3) is 0 Å². The first kappa shape index (κ1) is 13.0. The predicted octanol–water partition coefficient (Wildman–Crippen LogP) is 5.01. The molecule has 1 aromatic carbocycles. The summed E-state index contributed by atoms with van der Waals surface area (Å²) >= 11 is 8.50. The maximum atomic E-state index is 12.2. The normalized spacial score (nSPS) is 10.5.